The molecule has 0 aliphatic rings. The van der Waals surface area contributed by atoms with Crippen LogP contribution in [0.1, 0.15) is 16.3 Å². The number of ether oxygens (including phenoxy) is 1. The van der Waals surface area contributed by atoms with Crippen molar-refractivity contribution in [1.82, 2.24) is 9.97 Å². The molecule has 1 N–H and O–H groups in total. The van der Waals surface area contributed by atoms with Crippen LogP contribution >= 0.6 is 11.6 Å². The molecular weight excluding hydrogens is 196 g/mol. The van der Waals surface area contributed by atoms with Gasteiger partial charge in [-0.25, -0.2) is 9.78 Å². The van der Waals surface area contributed by atoms with Gasteiger partial charge in [-0.05, 0) is 6.92 Å². The second-order valence-corrected chi connectivity index (χ2v) is 2.63. The van der Waals surface area contributed by atoms with Crippen molar-refractivity contribution in [2.24, 2.45) is 0 Å². The van der Waals surface area contributed by atoms with E-state index in [1.807, 2.05) is 0 Å². The Morgan fingerprint density at radius 3 is 2.62 bits per heavy atom. The van der Waals surface area contributed by atoms with E-state index in [0.29, 0.717) is 5.82 Å². The van der Waals surface area contributed by atoms with Crippen LogP contribution in [0.5, 0.6) is 5.88 Å². The molecule has 0 fully saturated rings. The minimum Gasteiger partial charge on any atom is -0.480 e. The average Bonchev–Trinajstić information content (AvgIpc) is 2.08. The van der Waals surface area contributed by atoms with E-state index >= 15 is 0 Å². The molecule has 1 aromatic rings. The van der Waals surface area contributed by atoms with Crippen LogP contribution in [0.15, 0.2) is 0 Å². The number of carbonyl (C=O) groups is 1. The molecular formula is C7H7ClN2O3. The van der Waals surface area contributed by atoms with Crippen LogP contribution in [0, 0.1) is 6.92 Å². The first-order chi connectivity index (χ1) is 6.06. The van der Waals surface area contributed by atoms with Crippen LogP contribution in [0.3, 0.4) is 0 Å². The van der Waals surface area contributed by atoms with Gasteiger partial charge >= 0.3 is 5.97 Å². The number of halogens is 1. The number of aromatic nitrogens is 2. The lowest BCUT2D eigenvalue weighted by atomic mass is 10.4. The Balaban J connectivity index is 3.35. The van der Waals surface area contributed by atoms with Gasteiger partial charge in [0.1, 0.15) is 10.8 Å². The molecule has 0 bridgehead atoms. The van der Waals surface area contributed by atoms with Crippen molar-refractivity contribution < 1.29 is 14.6 Å². The average molecular weight is 203 g/mol. The van der Waals surface area contributed by atoms with Crippen molar-refractivity contribution in [3.63, 3.8) is 0 Å². The zero-order chi connectivity index (χ0) is 10.0. The van der Waals surface area contributed by atoms with E-state index in [-0.39, 0.29) is 16.6 Å². The summed E-state index contributed by atoms with van der Waals surface area (Å²) in [4.78, 5) is 18.1. The van der Waals surface area contributed by atoms with Crippen molar-refractivity contribution in [2.75, 3.05) is 7.11 Å². The maximum absolute atomic E-state index is 10.6. The SMILES string of the molecule is COc1nc(C)nc(C(=O)O)c1Cl. The highest BCUT2D eigenvalue weighted by Gasteiger charge is 2.16. The maximum atomic E-state index is 10.6. The highest BCUT2D eigenvalue weighted by atomic mass is 35.5. The van der Waals surface area contributed by atoms with Crippen LogP contribution in [0.25, 0.3) is 0 Å². The van der Waals surface area contributed by atoms with Gasteiger partial charge in [0, 0.05) is 0 Å². The minimum atomic E-state index is -1.20. The van der Waals surface area contributed by atoms with Crippen LogP contribution in [0.2, 0.25) is 5.02 Å². The molecule has 13 heavy (non-hydrogen) atoms. The summed E-state index contributed by atoms with van der Waals surface area (Å²) >= 11 is 5.65. The molecule has 0 radical (unpaired) electrons. The van der Waals surface area contributed by atoms with Gasteiger partial charge in [-0.15, -0.1) is 0 Å². The number of hydrogen-bond donors (Lipinski definition) is 1. The van der Waals surface area contributed by atoms with E-state index in [9.17, 15) is 4.79 Å². The van der Waals surface area contributed by atoms with Gasteiger partial charge in [0.05, 0.1) is 7.11 Å². The Hall–Kier alpha value is -1.36. The summed E-state index contributed by atoms with van der Waals surface area (Å²) in [6.07, 6.45) is 0. The van der Waals surface area contributed by atoms with E-state index in [1.54, 1.807) is 6.92 Å². The van der Waals surface area contributed by atoms with Crippen molar-refractivity contribution in [3.8, 4) is 5.88 Å². The molecule has 0 aromatic carbocycles. The molecule has 0 aliphatic heterocycles. The summed E-state index contributed by atoms with van der Waals surface area (Å²) in [6, 6.07) is 0. The van der Waals surface area contributed by atoms with Gasteiger partial charge in [-0.1, -0.05) is 11.6 Å². The van der Waals surface area contributed by atoms with E-state index in [4.69, 9.17) is 21.4 Å². The molecule has 1 aromatic heterocycles. The molecule has 1 heterocycles. The Morgan fingerprint density at radius 2 is 2.15 bits per heavy atom. The molecule has 5 nitrogen and oxygen atoms in total. The fourth-order valence-corrected chi connectivity index (χ4v) is 1.05. The zero-order valence-corrected chi connectivity index (χ0v) is 7.79. The highest BCUT2D eigenvalue weighted by Crippen LogP contribution is 2.24. The van der Waals surface area contributed by atoms with Crippen LogP contribution in [0.4, 0.5) is 0 Å². The third-order valence-electron chi connectivity index (χ3n) is 1.33. The van der Waals surface area contributed by atoms with E-state index < -0.39 is 5.97 Å². The second-order valence-electron chi connectivity index (χ2n) is 2.25. The van der Waals surface area contributed by atoms with Crippen molar-refractivity contribution in [2.45, 2.75) is 6.92 Å². The number of aryl methyl sites for hydroxylation is 1. The summed E-state index contributed by atoms with van der Waals surface area (Å²) < 4.78 is 4.77. The van der Waals surface area contributed by atoms with E-state index in [0.717, 1.165) is 0 Å². The second kappa shape index (κ2) is 3.57. The number of nitrogens with zero attached hydrogens (tertiary/aromatic N) is 2. The lowest BCUT2D eigenvalue weighted by Crippen LogP contribution is -2.06. The van der Waals surface area contributed by atoms with Gasteiger partial charge in [0.25, 0.3) is 0 Å². The van der Waals surface area contributed by atoms with E-state index in [2.05, 4.69) is 9.97 Å². The minimum absolute atomic E-state index is 0.0755. The molecule has 0 unspecified atom stereocenters. The van der Waals surface area contributed by atoms with Crippen LogP contribution < -0.4 is 4.74 Å². The molecule has 0 atom stereocenters. The molecule has 0 saturated carbocycles. The molecule has 1 rings (SSSR count). The summed E-state index contributed by atoms with van der Waals surface area (Å²) in [6.45, 7) is 1.56. The molecule has 0 spiro atoms. The number of carboxylic acids is 1. The summed E-state index contributed by atoms with van der Waals surface area (Å²) in [5.74, 6) is -0.820. The van der Waals surface area contributed by atoms with Gasteiger partial charge in [0.2, 0.25) is 5.88 Å². The van der Waals surface area contributed by atoms with E-state index in [1.165, 1.54) is 7.11 Å². The molecule has 0 amide bonds. The first kappa shape index (κ1) is 9.73. The Bertz CT molecular complexity index is 354. The number of aromatic carboxylic acids is 1. The number of hydrogen-bond acceptors (Lipinski definition) is 4. The monoisotopic (exact) mass is 202 g/mol. The normalized spacial score (nSPS) is 9.77. The van der Waals surface area contributed by atoms with Gasteiger partial charge in [0.15, 0.2) is 5.69 Å². The van der Waals surface area contributed by atoms with Gasteiger partial charge < -0.3 is 9.84 Å². The molecule has 6 heteroatoms. The van der Waals surface area contributed by atoms with Crippen LogP contribution in [-0.2, 0) is 0 Å². The highest BCUT2D eigenvalue weighted by molar-refractivity contribution is 6.34. The number of methoxy groups -OCH3 is 1. The molecule has 0 aliphatic carbocycles. The Morgan fingerprint density at radius 1 is 1.54 bits per heavy atom. The maximum Gasteiger partial charge on any atom is 0.356 e. The predicted octanol–water partition coefficient (Wildman–Crippen LogP) is 1.15. The fraction of sp³-hybridized carbons (Fsp3) is 0.286. The first-order valence-corrected chi connectivity index (χ1v) is 3.75. The summed E-state index contributed by atoms with van der Waals surface area (Å²) in [7, 11) is 1.36. The van der Waals surface area contributed by atoms with Gasteiger partial charge in [-0.2, -0.15) is 4.98 Å². The Labute approximate surface area is 79.3 Å². The quantitative estimate of drug-likeness (QED) is 0.779. The first-order valence-electron chi connectivity index (χ1n) is 3.37. The summed E-state index contributed by atoms with van der Waals surface area (Å²) in [5.41, 5.74) is -0.244. The van der Waals surface area contributed by atoms with Gasteiger partial charge in [-0.3, -0.25) is 0 Å². The van der Waals surface area contributed by atoms with Crippen molar-refractivity contribution in [1.29, 1.82) is 0 Å². The Kier molecular flexibility index (Phi) is 2.67. The predicted molar refractivity (Wildman–Crippen MR) is 45.3 cm³/mol. The third-order valence-corrected chi connectivity index (χ3v) is 1.67. The smallest absolute Gasteiger partial charge is 0.356 e. The zero-order valence-electron chi connectivity index (χ0n) is 7.04. The van der Waals surface area contributed by atoms with Crippen molar-refractivity contribution in [3.05, 3.63) is 16.5 Å². The standard InChI is InChI=1S/C7H7ClN2O3/c1-3-9-5(7(11)12)4(8)6(10-3)13-2/h1-2H3,(H,11,12). The number of carboxylic acid groups (broad SMARTS) is 1. The topological polar surface area (TPSA) is 72.3 Å². The largest absolute Gasteiger partial charge is 0.480 e. The lowest BCUT2D eigenvalue weighted by molar-refractivity contribution is 0.0689. The summed E-state index contributed by atoms with van der Waals surface area (Å²) in [5, 5.41) is 8.60. The van der Waals surface area contributed by atoms with Crippen LogP contribution in [-0.4, -0.2) is 28.2 Å². The van der Waals surface area contributed by atoms with Crippen molar-refractivity contribution >= 4 is 17.6 Å². The third kappa shape index (κ3) is 1.86. The molecule has 0 saturated heterocycles. The fourth-order valence-electron chi connectivity index (χ4n) is 0.810. The number of rotatable bonds is 2. The lowest BCUT2D eigenvalue weighted by Gasteiger charge is -2.04. The molecule has 70 valence electrons.